The van der Waals surface area contributed by atoms with E-state index in [0.29, 0.717) is 19.6 Å². The third-order valence-corrected chi connectivity index (χ3v) is 2.40. The number of hydrogen-bond acceptors (Lipinski definition) is 4. The molecule has 0 aliphatic heterocycles. The summed E-state index contributed by atoms with van der Waals surface area (Å²) in [5.41, 5.74) is 0.774. The molecule has 0 amide bonds. The Morgan fingerprint density at radius 1 is 1.00 bits per heavy atom. The first-order chi connectivity index (χ1) is 8.94. The quantitative estimate of drug-likeness (QED) is 0.791. The highest BCUT2D eigenvalue weighted by Crippen LogP contribution is 2.22. The van der Waals surface area contributed by atoms with Crippen LogP contribution in [0, 0.1) is 0 Å². The van der Waals surface area contributed by atoms with Gasteiger partial charge in [0.2, 0.25) is 0 Å². The van der Waals surface area contributed by atoms with E-state index in [2.05, 4.69) is 4.74 Å². The smallest absolute Gasteiger partial charge is 0.406 e. The van der Waals surface area contributed by atoms with Crippen molar-refractivity contribution < 1.29 is 28.1 Å². The Balaban J connectivity index is 2.60. The zero-order valence-electron chi connectivity index (χ0n) is 10.2. The van der Waals surface area contributed by atoms with Crippen LogP contribution in [0.5, 0.6) is 5.75 Å². The summed E-state index contributed by atoms with van der Waals surface area (Å²) in [5.74, 6) is -0.271. The van der Waals surface area contributed by atoms with Gasteiger partial charge in [0.25, 0.3) is 0 Å². The lowest BCUT2D eigenvalue weighted by Crippen LogP contribution is -2.29. The van der Waals surface area contributed by atoms with Crippen molar-refractivity contribution in [1.82, 2.24) is 4.90 Å². The van der Waals surface area contributed by atoms with Crippen LogP contribution in [0.4, 0.5) is 13.2 Å². The maximum Gasteiger partial charge on any atom is 0.573 e. The molecule has 1 rings (SSSR count). The Bertz CT molecular complexity index is 361. The second-order valence-electron chi connectivity index (χ2n) is 3.92. The van der Waals surface area contributed by atoms with Crippen molar-refractivity contribution in [2.45, 2.75) is 12.9 Å². The maximum absolute atomic E-state index is 12.0. The van der Waals surface area contributed by atoms with Crippen molar-refractivity contribution in [2.75, 3.05) is 26.3 Å². The number of ether oxygens (including phenoxy) is 1. The highest BCUT2D eigenvalue weighted by Gasteiger charge is 2.30. The third kappa shape index (κ3) is 6.42. The van der Waals surface area contributed by atoms with Crippen molar-refractivity contribution >= 4 is 0 Å². The molecule has 0 atom stereocenters. The van der Waals surface area contributed by atoms with Gasteiger partial charge in [-0.25, -0.2) is 0 Å². The molecule has 1 aromatic rings. The van der Waals surface area contributed by atoms with Crippen LogP contribution in [0.25, 0.3) is 0 Å². The predicted molar refractivity (Wildman–Crippen MR) is 62.6 cm³/mol. The molecule has 0 aliphatic rings. The standard InChI is InChI=1S/C12H16F3NO3/c13-12(14,15)19-11-3-1-10(2-4-11)9-16(5-7-17)6-8-18/h1-4,17-18H,5-9H2. The minimum atomic E-state index is -4.69. The van der Waals surface area contributed by atoms with Crippen LogP contribution in [-0.4, -0.2) is 47.8 Å². The Morgan fingerprint density at radius 2 is 1.53 bits per heavy atom. The largest absolute Gasteiger partial charge is 0.573 e. The summed E-state index contributed by atoms with van der Waals surface area (Å²) >= 11 is 0. The minimum Gasteiger partial charge on any atom is -0.406 e. The molecule has 4 nitrogen and oxygen atoms in total. The van der Waals surface area contributed by atoms with Crippen LogP contribution in [0.2, 0.25) is 0 Å². The fourth-order valence-electron chi connectivity index (χ4n) is 1.61. The van der Waals surface area contributed by atoms with Crippen molar-refractivity contribution in [3.63, 3.8) is 0 Å². The molecule has 19 heavy (non-hydrogen) atoms. The van der Waals surface area contributed by atoms with Crippen molar-refractivity contribution in [3.8, 4) is 5.75 Å². The lowest BCUT2D eigenvalue weighted by molar-refractivity contribution is -0.274. The first kappa shape index (κ1) is 15.7. The highest BCUT2D eigenvalue weighted by atomic mass is 19.4. The summed E-state index contributed by atoms with van der Waals surface area (Å²) in [6.45, 7) is 1.13. The molecule has 1 aromatic carbocycles. The Labute approximate surface area is 109 Å². The van der Waals surface area contributed by atoms with E-state index in [9.17, 15) is 13.2 Å². The van der Waals surface area contributed by atoms with Gasteiger partial charge in [-0.15, -0.1) is 13.2 Å². The van der Waals surface area contributed by atoms with Gasteiger partial charge in [0.05, 0.1) is 13.2 Å². The first-order valence-corrected chi connectivity index (χ1v) is 5.73. The SMILES string of the molecule is OCCN(CCO)Cc1ccc(OC(F)(F)F)cc1. The second kappa shape index (κ2) is 7.32. The number of alkyl halides is 3. The van der Waals surface area contributed by atoms with Crippen LogP contribution in [-0.2, 0) is 6.54 Å². The lowest BCUT2D eigenvalue weighted by atomic mass is 10.2. The molecule has 0 unspecified atom stereocenters. The summed E-state index contributed by atoms with van der Waals surface area (Å²) < 4.78 is 39.7. The predicted octanol–water partition coefficient (Wildman–Crippen LogP) is 1.37. The van der Waals surface area contributed by atoms with Gasteiger partial charge >= 0.3 is 6.36 Å². The first-order valence-electron chi connectivity index (χ1n) is 5.73. The molecule has 0 radical (unpaired) electrons. The number of hydrogen-bond donors (Lipinski definition) is 2. The average Bonchev–Trinajstić information content (AvgIpc) is 2.30. The van der Waals surface area contributed by atoms with Gasteiger partial charge in [-0.05, 0) is 17.7 Å². The van der Waals surface area contributed by atoms with E-state index in [1.807, 2.05) is 0 Å². The highest BCUT2D eigenvalue weighted by molar-refractivity contribution is 5.27. The molecule has 0 aliphatic carbocycles. The number of aliphatic hydroxyl groups is 2. The van der Waals surface area contributed by atoms with Gasteiger partial charge in [-0.1, -0.05) is 12.1 Å². The van der Waals surface area contributed by atoms with E-state index < -0.39 is 6.36 Å². The number of aliphatic hydroxyl groups excluding tert-OH is 2. The van der Waals surface area contributed by atoms with E-state index in [4.69, 9.17) is 10.2 Å². The zero-order chi connectivity index (χ0) is 14.3. The summed E-state index contributed by atoms with van der Waals surface area (Å²) in [4.78, 5) is 1.79. The molecule has 0 bridgehead atoms. The molecular formula is C12H16F3NO3. The van der Waals surface area contributed by atoms with Crippen LogP contribution < -0.4 is 4.74 Å². The summed E-state index contributed by atoms with van der Waals surface area (Å²) in [7, 11) is 0. The topological polar surface area (TPSA) is 52.9 Å². The fourth-order valence-corrected chi connectivity index (χ4v) is 1.61. The van der Waals surface area contributed by atoms with Gasteiger partial charge in [0.1, 0.15) is 5.75 Å². The van der Waals surface area contributed by atoms with Crippen LogP contribution in [0.3, 0.4) is 0 Å². The Hall–Kier alpha value is -1.31. The normalized spacial score (nSPS) is 11.9. The van der Waals surface area contributed by atoms with Crippen LogP contribution >= 0.6 is 0 Å². The number of halogens is 3. The van der Waals surface area contributed by atoms with Crippen molar-refractivity contribution in [3.05, 3.63) is 29.8 Å². The van der Waals surface area contributed by atoms with E-state index in [1.54, 1.807) is 4.90 Å². The molecule has 0 saturated carbocycles. The fraction of sp³-hybridized carbons (Fsp3) is 0.500. The minimum absolute atomic E-state index is 0.0464. The molecule has 7 heteroatoms. The summed E-state index contributed by atoms with van der Waals surface area (Å²) in [6.07, 6.45) is -4.69. The van der Waals surface area contributed by atoms with Gasteiger partial charge < -0.3 is 14.9 Å². The number of rotatable bonds is 7. The van der Waals surface area contributed by atoms with Crippen molar-refractivity contribution in [1.29, 1.82) is 0 Å². The van der Waals surface area contributed by atoms with E-state index in [-0.39, 0.29) is 19.0 Å². The molecule has 0 spiro atoms. The average molecular weight is 279 g/mol. The monoisotopic (exact) mass is 279 g/mol. The van der Waals surface area contributed by atoms with Crippen LogP contribution in [0.15, 0.2) is 24.3 Å². The Kier molecular flexibility index (Phi) is 6.07. The van der Waals surface area contributed by atoms with E-state index in [1.165, 1.54) is 24.3 Å². The molecule has 108 valence electrons. The number of nitrogens with zero attached hydrogens (tertiary/aromatic N) is 1. The van der Waals surface area contributed by atoms with Crippen LogP contribution in [0.1, 0.15) is 5.56 Å². The molecule has 0 aromatic heterocycles. The van der Waals surface area contributed by atoms with Gasteiger partial charge in [-0.2, -0.15) is 0 Å². The summed E-state index contributed by atoms with van der Waals surface area (Å²) in [5, 5.41) is 17.7. The zero-order valence-corrected chi connectivity index (χ0v) is 10.2. The molecule has 0 saturated heterocycles. The van der Waals surface area contributed by atoms with Gasteiger partial charge in [0, 0.05) is 19.6 Å². The molecule has 0 heterocycles. The van der Waals surface area contributed by atoms with Gasteiger partial charge in [-0.3, -0.25) is 4.90 Å². The van der Waals surface area contributed by atoms with Crippen molar-refractivity contribution in [2.24, 2.45) is 0 Å². The second-order valence-corrected chi connectivity index (χ2v) is 3.92. The molecule has 0 fully saturated rings. The molecular weight excluding hydrogens is 263 g/mol. The maximum atomic E-state index is 12.0. The molecule has 2 N–H and O–H groups in total. The third-order valence-electron chi connectivity index (χ3n) is 2.40. The van der Waals surface area contributed by atoms with Gasteiger partial charge in [0.15, 0.2) is 0 Å². The van der Waals surface area contributed by atoms with E-state index in [0.717, 1.165) is 5.56 Å². The lowest BCUT2D eigenvalue weighted by Gasteiger charge is -2.20. The summed E-state index contributed by atoms with van der Waals surface area (Å²) in [6, 6.07) is 5.50. The Morgan fingerprint density at radius 3 is 1.95 bits per heavy atom. The number of benzene rings is 1. The van der Waals surface area contributed by atoms with E-state index >= 15 is 0 Å².